The lowest BCUT2D eigenvalue weighted by atomic mass is 10.0. The van der Waals surface area contributed by atoms with Gasteiger partial charge in [0.25, 0.3) is 11.8 Å². The van der Waals surface area contributed by atoms with Crippen LogP contribution in [0.5, 0.6) is 11.5 Å². The third-order valence-corrected chi connectivity index (χ3v) is 4.00. The van der Waals surface area contributed by atoms with Gasteiger partial charge < -0.3 is 20.5 Å². The van der Waals surface area contributed by atoms with Crippen molar-refractivity contribution in [3.63, 3.8) is 0 Å². The Morgan fingerprint density at radius 1 is 1.18 bits per heavy atom. The van der Waals surface area contributed by atoms with E-state index in [9.17, 15) is 22.8 Å². The summed E-state index contributed by atoms with van der Waals surface area (Å²) in [6.07, 6.45) is -2.98. The normalized spacial score (nSPS) is 14.6. The highest BCUT2D eigenvalue weighted by Gasteiger charge is 2.33. The van der Waals surface area contributed by atoms with Crippen molar-refractivity contribution in [3.8, 4) is 11.5 Å². The van der Waals surface area contributed by atoms with Crippen LogP contribution < -0.4 is 20.5 Å². The van der Waals surface area contributed by atoms with Gasteiger partial charge in [-0.15, -0.1) is 0 Å². The molecule has 2 aromatic rings. The van der Waals surface area contributed by atoms with Crippen molar-refractivity contribution < 1.29 is 32.2 Å². The predicted molar refractivity (Wildman–Crippen MR) is 95.6 cm³/mol. The van der Waals surface area contributed by atoms with E-state index >= 15 is 0 Å². The largest absolute Gasteiger partial charge is 0.493 e. The highest BCUT2D eigenvalue weighted by Crippen LogP contribution is 2.39. The van der Waals surface area contributed by atoms with Crippen molar-refractivity contribution in [2.75, 3.05) is 19.0 Å². The van der Waals surface area contributed by atoms with Crippen LogP contribution in [0.1, 0.15) is 16.7 Å². The Balaban J connectivity index is 1.94. The van der Waals surface area contributed by atoms with Crippen molar-refractivity contribution in [2.24, 2.45) is 5.73 Å². The molecule has 0 saturated carbocycles. The number of alkyl halides is 3. The third kappa shape index (κ3) is 3.93. The van der Waals surface area contributed by atoms with Gasteiger partial charge in [-0.3, -0.25) is 9.59 Å². The van der Waals surface area contributed by atoms with Crippen LogP contribution in [0.25, 0.3) is 11.6 Å². The molecule has 146 valence electrons. The number of ether oxygens (including phenoxy) is 2. The van der Waals surface area contributed by atoms with E-state index in [4.69, 9.17) is 15.2 Å². The lowest BCUT2D eigenvalue weighted by Gasteiger charge is -2.10. The van der Waals surface area contributed by atoms with E-state index in [0.717, 1.165) is 12.1 Å². The Morgan fingerprint density at radius 2 is 1.93 bits per heavy atom. The zero-order valence-electron chi connectivity index (χ0n) is 14.6. The van der Waals surface area contributed by atoms with Crippen molar-refractivity contribution >= 4 is 29.2 Å². The Kier molecular flexibility index (Phi) is 5.00. The number of halogens is 3. The van der Waals surface area contributed by atoms with Gasteiger partial charge >= 0.3 is 6.18 Å². The van der Waals surface area contributed by atoms with Crippen LogP contribution in [-0.2, 0) is 15.8 Å². The van der Waals surface area contributed by atoms with Gasteiger partial charge in [-0.1, -0.05) is 12.1 Å². The first-order valence-corrected chi connectivity index (χ1v) is 8.03. The molecule has 2 amide bonds. The van der Waals surface area contributed by atoms with Crippen LogP contribution in [0.2, 0.25) is 0 Å². The monoisotopic (exact) mass is 392 g/mol. The molecule has 1 heterocycles. The summed E-state index contributed by atoms with van der Waals surface area (Å²) >= 11 is 0. The van der Waals surface area contributed by atoms with Crippen LogP contribution in [0.3, 0.4) is 0 Å². The number of fused-ring (bicyclic) bond motifs is 1. The molecule has 6 nitrogen and oxygen atoms in total. The van der Waals surface area contributed by atoms with Crippen molar-refractivity contribution in [3.05, 3.63) is 53.1 Å². The topological polar surface area (TPSA) is 90.7 Å². The molecule has 3 N–H and O–H groups in total. The van der Waals surface area contributed by atoms with Gasteiger partial charge in [-0.25, -0.2) is 0 Å². The molecular formula is C19H15F3N2O4. The number of methoxy groups -OCH3 is 1. The van der Waals surface area contributed by atoms with Crippen LogP contribution in [0.4, 0.5) is 18.9 Å². The average molecular weight is 392 g/mol. The molecule has 0 fully saturated rings. The summed E-state index contributed by atoms with van der Waals surface area (Å²) in [7, 11) is 1.40. The number of hydrogen-bond donors (Lipinski definition) is 2. The molecule has 0 aromatic heterocycles. The first-order valence-electron chi connectivity index (χ1n) is 8.03. The maximum atomic E-state index is 12.8. The second kappa shape index (κ2) is 7.26. The van der Waals surface area contributed by atoms with Gasteiger partial charge in [0.05, 0.1) is 12.7 Å². The smallest absolute Gasteiger partial charge is 0.416 e. The summed E-state index contributed by atoms with van der Waals surface area (Å²) in [6.45, 7) is -0.325. The highest BCUT2D eigenvalue weighted by atomic mass is 19.4. The number of carbonyl (C=O) groups is 2. The number of amides is 2. The maximum Gasteiger partial charge on any atom is 0.416 e. The molecule has 0 spiro atoms. The number of anilines is 1. The predicted octanol–water partition coefficient (Wildman–Crippen LogP) is 3.07. The Labute approximate surface area is 157 Å². The second-order valence-corrected chi connectivity index (χ2v) is 5.94. The Hall–Kier alpha value is -3.49. The molecule has 0 unspecified atom stereocenters. The van der Waals surface area contributed by atoms with Crippen LogP contribution in [0, 0.1) is 0 Å². The van der Waals surface area contributed by atoms with Crippen molar-refractivity contribution in [1.29, 1.82) is 0 Å². The lowest BCUT2D eigenvalue weighted by Crippen LogP contribution is -2.20. The summed E-state index contributed by atoms with van der Waals surface area (Å²) in [5.74, 6) is -0.566. The molecular weight excluding hydrogens is 377 g/mol. The van der Waals surface area contributed by atoms with Crippen molar-refractivity contribution in [1.82, 2.24) is 0 Å². The number of rotatable bonds is 5. The number of carbonyl (C=O) groups excluding carboxylic acids is 2. The Morgan fingerprint density at radius 3 is 2.57 bits per heavy atom. The summed E-state index contributed by atoms with van der Waals surface area (Å²) in [6, 6.07) is 7.79. The summed E-state index contributed by atoms with van der Waals surface area (Å²) in [5.41, 5.74) is 5.44. The van der Waals surface area contributed by atoms with E-state index in [-0.39, 0.29) is 23.6 Å². The third-order valence-electron chi connectivity index (χ3n) is 4.00. The summed E-state index contributed by atoms with van der Waals surface area (Å²) in [5, 5.41) is 2.44. The van der Waals surface area contributed by atoms with Gasteiger partial charge in [-0.05, 0) is 35.9 Å². The SMILES string of the molecule is COc1cc(/C=C2/C(=O)Nc3cc(C(F)(F)F)ccc32)ccc1OCC(N)=O. The molecule has 2 aromatic carbocycles. The molecule has 9 heteroatoms. The van der Waals surface area contributed by atoms with E-state index < -0.39 is 23.6 Å². The second-order valence-electron chi connectivity index (χ2n) is 5.94. The standard InChI is InChI=1S/C19H15F3N2O4/c1-27-16-7-10(2-5-15(16)28-9-17(23)25)6-13-12-4-3-11(19(20,21)22)8-14(12)24-18(13)26/h2-8H,9H2,1H3,(H2,23,25)(H,24,26)/b13-6+. The first-order chi connectivity index (χ1) is 13.2. The molecule has 3 rings (SSSR count). The quantitative estimate of drug-likeness (QED) is 0.766. The molecule has 1 aliphatic rings. The van der Waals surface area contributed by atoms with Gasteiger partial charge in [0.15, 0.2) is 18.1 Å². The van der Waals surface area contributed by atoms with Gasteiger partial charge in [0.1, 0.15) is 0 Å². The van der Waals surface area contributed by atoms with Crippen LogP contribution in [-0.4, -0.2) is 25.5 Å². The fourth-order valence-electron chi connectivity index (χ4n) is 2.72. The number of nitrogens with two attached hydrogens (primary N) is 1. The van der Waals surface area contributed by atoms with Gasteiger partial charge in [-0.2, -0.15) is 13.2 Å². The van der Waals surface area contributed by atoms with E-state index in [0.29, 0.717) is 16.9 Å². The van der Waals surface area contributed by atoms with Crippen LogP contribution in [0.15, 0.2) is 36.4 Å². The molecule has 0 aliphatic carbocycles. The lowest BCUT2D eigenvalue weighted by molar-refractivity contribution is -0.137. The highest BCUT2D eigenvalue weighted by molar-refractivity contribution is 6.34. The minimum absolute atomic E-state index is 0.0967. The number of benzene rings is 2. The number of nitrogens with one attached hydrogen (secondary N) is 1. The Bertz CT molecular complexity index is 984. The molecule has 0 radical (unpaired) electrons. The average Bonchev–Trinajstić information content (AvgIpc) is 2.94. The minimum Gasteiger partial charge on any atom is -0.493 e. The number of primary amides is 1. The maximum absolute atomic E-state index is 12.8. The van der Waals surface area contributed by atoms with Crippen LogP contribution >= 0.6 is 0 Å². The van der Waals surface area contributed by atoms with Gasteiger partial charge in [0, 0.05) is 16.8 Å². The molecule has 0 atom stereocenters. The molecule has 0 saturated heterocycles. The summed E-state index contributed by atoms with van der Waals surface area (Å²) < 4.78 is 49.0. The van der Waals surface area contributed by atoms with Gasteiger partial charge in [0.2, 0.25) is 0 Å². The van der Waals surface area contributed by atoms with E-state index in [1.807, 2.05) is 0 Å². The summed E-state index contributed by atoms with van der Waals surface area (Å²) in [4.78, 5) is 23.1. The zero-order chi connectivity index (χ0) is 20.5. The van der Waals surface area contributed by atoms with Crippen molar-refractivity contribution in [2.45, 2.75) is 6.18 Å². The first kappa shape index (κ1) is 19.3. The molecule has 28 heavy (non-hydrogen) atoms. The fraction of sp³-hybridized carbons (Fsp3) is 0.158. The fourth-order valence-corrected chi connectivity index (χ4v) is 2.72. The number of hydrogen-bond acceptors (Lipinski definition) is 4. The molecule has 0 bridgehead atoms. The van der Waals surface area contributed by atoms with E-state index in [1.165, 1.54) is 25.3 Å². The van der Waals surface area contributed by atoms with E-state index in [2.05, 4.69) is 5.32 Å². The molecule has 1 aliphatic heterocycles. The zero-order valence-corrected chi connectivity index (χ0v) is 14.6. The van der Waals surface area contributed by atoms with E-state index in [1.54, 1.807) is 12.1 Å². The minimum atomic E-state index is -4.50.